The predicted octanol–water partition coefficient (Wildman–Crippen LogP) is 3.24. The second-order valence-corrected chi connectivity index (χ2v) is 5.99. The van der Waals surface area contributed by atoms with Crippen LogP contribution in [0.25, 0.3) is 0 Å². The Hall–Kier alpha value is -1.00. The maximum atomic E-state index is 12.9. The van der Waals surface area contributed by atoms with Crippen LogP contribution >= 0.6 is 0 Å². The van der Waals surface area contributed by atoms with Gasteiger partial charge in [-0.3, -0.25) is 4.98 Å². The fourth-order valence-corrected chi connectivity index (χ4v) is 2.45. The zero-order valence-corrected chi connectivity index (χ0v) is 13.4. The third-order valence-corrected chi connectivity index (χ3v) is 3.79. The van der Waals surface area contributed by atoms with Crippen LogP contribution in [0.5, 0.6) is 0 Å². The van der Waals surface area contributed by atoms with Crippen LogP contribution in [-0.4, -0.2) is 36.6 Å². The van der Waals surface area contributed by atoms with Crippen molar-refractivity contribution in [1.29, 1.82) is 0 Å². The summed E-state index contributed by atoms with van der Waals surface area (Å²) in [7, 11) is 4.09. The molecule has 4 heteroatoms. The maximum absolute atomic E-state index is 12.9. The average Bonchev–Trinajstić information content (AvgIpc) is 2.40. The number of nitrogens with zero attached hydrogens (tertiary/aromatic N) is 2. The molecule has 0 saturated carbocycles. The molecule has 0 saturated heterocycles. The highest BCUT2D eigenvalue weighted by atomic mass is 19.1. The van der Waals surface area contributed by atoms with Crippen molar-refractivity contribution in [1.82, 2.24) is 15.2 Å². The summed E-state index contributed by atoms with van der Waals surface area (Å²) in [5.41, 5.74) is 0.902. The molecule has 3 nitrogen and oxygen atoms in total. The fraction of sp³-hybridized carbons (Fsp3) is 0.688. The Bertz CT molecular complexity index is 378. The lowest BCUT2D eigenvalue weighted by atomic mass is 10.0. The van der Waals surface area contributed by atoms with E-state index in [1.807, 2.05) is 7.05 Å². The highest BCUT2D eigenvalue weighted by Crippen LogP contribution is 2.16. The molecule has 2 unspecified atom stereocenters. The number of pyridine rings is 1. The Labute approximate surface area is 122 Å². The highest BCUT2D eigenvalue weighted by Gasteiger charge is 2.15. The molecule has 0 amide bonds. The molecule has 0 aliphatic rings. The van der Waals surface area contributed by atoms with Crippen molar-refractivity contribution < 1.29 is 4.39 Å². The van der Waals surface area contributed by atoms with Crippen LogP contribution in [0.1, 0.15) is 45.3 Å². The van der Waals surface area contributed by atoms with E-state index in [2.05, 4.69) is 43.0 Å². The van der Waals surface area contributed by atoms with Gasteiger partial charge in [0.25, 0.3) is 0 Å². The number of aromatic nitrogens is 1. The lowest BCUT2D eigenvalue weighted by molar-refractivity contribution is 0.217. The fourth-order valence-electron chi connectivity index (χ4n) is 2.45. The van der Waals surface area contributed by atoms with Crippen molar-refractivity contribution >= 4 is 0 Å². The molecule has 1 rings (SSSR count). The summed E-state index contributed by atoms with van der Waals surface area (Å²) in [6.45, 7) is 7.77. The lowest BCUT2D eigenvalue weighted by Gasteiger charge is -2.27. The minimum atomic E-state index is -0.286. The number of halogens is 1. The van der Waals surface area contributed by atoms with Crippen molar-refractivity contribution in [3.8, 4) is 0 Å². The van der Waals surface area contributed by atoms with Gasteiger partial charge in [0.2, 0.25) is 0 Å². The first-order valence-electron chi connectivity index (χ1n) is 7.43. The van der Waals surface area contributed by atoms with E-state index < -0.39 is 0 Å². The second kappa shape index (κ2) is 8.32. The van der Waals surface area contributed by atoms with Crippen LogP contribution in [0, 0.1) is 11.7 Å². The molecular weight excluding hydrogens is 253 g/mol. The van der Waals surface area contributed by atoms with E-state index in [1.54, 1.807) is 6.07 Å². The predicted molar refractivity (Wildman–Crippen MR) is 82.2 cm³/mol. The van der Waals surface area contributed by atoms with E-state index in [0.29, 0.717) is 12.0 Å². The molecule has 20 heavy (non-hydrogen) atoms. The molecule has 114 valence electrons. The summed E-state index contributed by atoms with van der Waals surface area (Å²) in [6, 6.07) is 3.98. The van der Waals surface area contributed by atoms with Crippen LogP contribution in [0.15, 0.2) is 18.3 Å². The normalized spacial score (nSPS) is 14.8. The number of rotatable bonds is 8. The van der Waals surface area contributed by atoms with Crippen LogP contribution in [0.3, 0.4) is 0 Å². The van der Waals surface area contributed by atoms with Crippen molar-refractivity contribution in [3.05, 3.63) is 29.8 Å². The van der Waals surface area contributed by atoms with Gasteiger partial charge in [0.1, 0.15) is 5.82 Å². The van der Waals surface area contributed by atoms with Crippen LogP contribution in [0.2, 0.25) is 0 Å². The molecule has 0 aromatic carbocycles. The molecular formula is C16H28FN3. The maximum Gasteiger partial charge on any atom is 0.141 e. The van der Waals surface area contributed by atoms with Crippen molar-refractivity contribution in [2.75, 3.05) is 20.6 Å². The molecule has 1 heterocycles. The third kappa shape index (κ3) is 5.55. The molecule has 0 spiro atoms. The smallest absolute Gasteiger partial charge is 0.141 e. The molecule has 2 atom stereocenters. The molecule has 0 fully saturated rings. The number of nitrogens with one attached hydrogen (secondary N) is 1. The average molecular weight is 281 g/mol. The van der Waals surface area contributed by atoms with Gasteiger partial charge in [-0.25, -0.2) is 4.39 Å². The first-order chi connectivity index (χ1) is 9.43. The van der Waals surface area contributed by atoms with Gasteiger partial charge in [0.15, 0.2) is 0 Å². The summed E-state index contributed by atoms with van der Waals surface area (Å²) < 4.78 is 12.9. The van der Waals surface area contributed by atoms with E-state index >= 15 is 0 Å². The van der Waals surface area contributed by atoms with E-state index in [9.17, 15) is 4.39 Å². The highest BCUT2D eigenvalue weighted by molar-refractivity contribution is 5.09. The Balaban J connectivity index is 2.50. The van der Waals surface area contributed by atoms with Gasteiger partial charge < -0.3 is 10.2 Å². The Morgan fingerprint density at radius 2 is 2.00 bits per heavy atom. The Kier molecular flexibility index (Phi) is 7.10. The van der Waals surface area contributed by atoms with Gasteiger partial charge in [-0.05, 0) is 58.5 Å². The molecule has 0 aliphatic carbocycles. The van der Waals surface area contributed by atoms with Gasteiger partial charge in [-0.1, -0.05) is 13.8 Å². The zero-order valence-electron chi connectivity index (χ0n) is 13.4. The summed E-state index contributed by atoms with van der Waals surface area (Å²) in [5, 5.41) is 3.26. The van der Waals surface area contributed by atoms with Crippen molar-refractivity contribution in [2.45, 2.75) is 45.7 Å². The number of hydrogen-bond donors (Lipinski definition) is 1. The minimum Gasteiger partial charge on any atom is -0.312 e. The summed E-state index contributed by atoms with van der Waals surface area (Å²) in [5.74, 6) is 0.428. The van der Waals surface area contributed by atoms with Crippen LogP contribution in [-0.2, 0) is 0 Å². The summed E-state index contributed by atoms with van der Waals surface area (Å²) in [6.07, 6.45) is 3.45. The first kappa shape index (κ1) is 17.1. The van der Waals surface area contributed by atoms with Crippen LogP contribution < -0.4 is 5.32 Å². The standard InChI is InChI=1S/C16H28FN3/c1-12(2)10-13(3)20(5)9-8-15(18-4)16-7-6-14(17)11-19-16/h6-7,11-13,15,18H,8-10H2,1-5H3. The number of hydrogen-bond acceptors (Lipinski definition) is 3. The van der Waals surface area contributed by atoms with Gasteiger partial charge in [0.05, 0.1) is 17.9 Å². The molecule has 0 aliphatic heterocycles. The molecule has 0 bridgehead atoms. The minimum absolute atomic E-state index is 0.171. The Morgan fingerprint density at radius 1 is 1.30 bits per heavy atom. The Morgan fingerprint density at radius 3 is 2.50 bits per heavy atom. The zero-order chi connectivity index (χ0) is 15.1. The lowest BCUT2D eigenvalue weighted by Crippen LogP contribution is -2.33. The first-order valence-corrected chi connectivity index (χ1v) is 7.43. The summed E-state index contributed by atoms with van der Waals surface area (Å²) in [4.78, 5) is 6.55. The molecule has 0 radical (unpaired) electrons. The second-order valence-electron chi connectivity index (χ2n) is 5.99. The van der Waals surface area contributed by atoms with E-state index in [0.717, 1.165) is 18.7 Å². The van der Waals surface area contributed by atoms with E-state index in [-0.39, 0.29) is 11.9 Å². The van der Waals surface area contributed by atoms with Crippen molar-refractivity contribution in [3.63, 3.8) is 0 Å². The van der Waals surface area contributed by atoms with E-state index in [4.69, 9.17) is 0 Å². The molecule has 1 N–H and O–H groups in total. The topological polar surface area (TPSA) is 28.2 Å². The van der Waals surface area contributed by atoms with Crippen LogP contribution in [0.4, 0.5) is 4.39 Å². The monoisotopic (exact) mass is 281 g/mol. The van der Waals surface area contributed by atoms with Gasteiger partial charge >= 0.3 is 0 Å². The largest absolute Gasteiger partial charge is 0.312 e. The SMILES string of the molecule is CNC(CCN(C)C(C)CC(C)C)c1ccc(F)cn1. The van der Waals surface area contributed by atoms with Gasteiger partial charge in [0, 0.05) is 6.04 Å². The quantitative estimate of drug-likeness (QED) is 0.793. The molecule has 1 aromatic rings. The summed E-state index contributed by atoms with van der Waals surface area (Å²) >= 11 is 0. The van der Waals surface area contributed by atoms with E-state index in [1.165, 1.54) is 18.7 Å². The van der Waals surface area contributed by atoms with Crippen molar-refractivity contribution in [2.24, 2.45) is 5.92 Å². The molecule has 1 aromatic heterocycles. The van der Waals surface area contributed by atoms with Gasteiger partial charge in [-0.2, -0.15) is 0 Å². The third-order valence-electron chi connectivity index (χ3n) is 3.79. The van der Waals surface area contributed by atoms with Gasteiger partial charge in [-0.15, -0.1) is 0 Å².